The molecule has 2 aromatic rings. The Morgan fingerprint density at radius 2 is 1.58 bits per heavy atom. The smallest absolute Gasteiger partial charge is 0.288 e. The van der Waals surface area contributed by atoms with E-state index in [0.717, 1.165) is 12.0 Å². The van der Waals surface area contributed by atoms with Gasteiger partial charge in [0.05, 0.1) is 11.4 Å². The van der Waals surface area contributed by atoms with Crippen molar-refractivity contribution < 1.29 is 19.8 Å². The van der Waals surface area contributed by atoms with Gasteiger partial charge < -0.3 is 10.2 Å². The van der Waals surface area contributed by atoms with Crippen molar-refractivity contribution in [2.75, 3.05) is 10.0 Å². The molecule has 3 rings (SSSR count). The van der Waals surface area contributed by atoms with Crippen LogP contribution < -0.4 is 10.0 Å². The topological polar surface area (TPSA) is 81.1 Å². The SMILES string of the molecule is CCCCC1(O)C(=O)N(c2ccc(O)cc2)N(c2cccc(C)c2)C1=O. The molecule has 0 radical (unpaired) electrons. The molecule has 2 aromatic carbocycles. The van der Waals surface area contributed by atoms with E-state index in [9.17, 15) is 19.8 Å². The highest BCUT2D eigenvalue weighted by Gasteiger charge is 2.58. The second kappa shape index (κ2) is 6.80. The number of aliphatic hydroxyl groups is 1. The lowest BCUT2D eigenvalue weighted by Crippen LogP contribution is -2.44. The van der Waals surface area contributed by atoms with Gasteiger partial charge in [0.25, 0.3) is 11.8 Å². The average Bonchev–Trinajstić information content (AvgIpc) is 2.82. The molecule has 1 fully saturated rings. The summed E-state index contributed by atoms with van der Waals surface area (Å²) in [7, 11) is 0. The second-order valence-corrected chi connectivity index (χ2v) is 6.55. The lowest BCUT2D eigenvalue weighted by molar-refractivity contribution is -0.145. The van der Waals surface area contributed by atoms with Crippen molar-refractivity contribution in [3.05, 3.63) is 54.1 Å². The van der Waals surface area contributed by atoms with E-state index in [1.165, 1.54) is 34.3 Å². The molecule has 0 aliphatic carbocycles. The first-order valence-electron chi connectivity index (χ1n) is 8.65. The van der Waals surface area contributed by atoms with Crippen molar-refractivity contribution in [2.24, 2.45) is 0 Å². The third kappa shape index (κ3) is 2.93. The maximum absolute atomic E-state index is 13.1. The fraction of sp³-hybridized carbons (Fsp3) is 0.300. The molecule has 2 amide bonds. The van der Waals surface area contributed by atoms with Crippen molar-refractivity contribution in [1.29, 1.82) is 0 Å². The first kappa shape index (κ1) is 17.9. The number of benzene rings is 2. The van der Waals surface area contributed by atoms with E-state index in [1.807, 2.05) is 19.9 Å². The number of carbonyl (C=O) groups excluding carboxylic acids is 2. The van der Waals surface area contributed by atoms with E-state index in [-0.39, 0.29) is 12.2 Å². The van der Waals surface area contributed by atoms with Crippen LogP contribution >= 0.6 is 0 Å². The molecule has 6 heteroatoms. The molecule has 6 nitrogen and oxygen atoms in total. The van der Waals surface area contributed by atoms with E-state index in [0.29, 0.717) is 17.8 Å². The second-order valence-electron chi connectivity index (χ2n) is 6.55. The number of hydrogen-bond donors (Lipinski definition) is 2. The number of nitrogens with zero attached hydrogens (tertiary/aromatic N) is 2. The van der Waals surface area contributed by atoms with Gasteiger partial charge in [-0.1, -0.05) is 25.5 Å². The molecular weight excluding hydrogens is 332 g/mol. The molecule has 0 aromatic heterocycles. The minimum absolute atomic E-state index is 0.0510. The number of hydrogen-bond acceptors (Lipinski definition) is 4. The zero-order valence-electron chi connectivity index (χ0n) is 14.8. The summed E-state index contributed by atoms with van der Waals surface area (Å²) < 4.78 is 0. The highest BCUT2D eigenvalue weighted by atomic mass is 16.3. The fourth-order valence-electron chi connectivity index (χ4n) is 3.09. The number of hydrazine groups is 1. The zero-order chi connectivity index (χ0) is 18.9. The van der Waals surface area contributed by atoms with Crippen LogP contribution in [0.4, 0.5) is 11.4 Å². The molecule has 0 spiro atoms. The first-order valence-corrected chi connectivity index (χ1v) is 8.65. The Hall–Kier alpha value is -2.86. The Bertz CT molecular complexity index is 834. The Kier molecular flexibility index (Phi) is 4.70. The Balaban J connectivity index is 2.12. The molecule has 1 unspecified atom stereocenters. The largest absolute Gasteiger partial charge is 0.508 e. The van der Waals surface area contributed by atoms with Crippen LogP contribution in [0.1, 0.15) is 31.7 Å². The van der Waals surface area contributed by atoms with E-state index in [4.69, 9.17) is 0 Å². The summed E-state index contributed by atoms with van der Waals surface area (Å²) in [5.41, 5.74) is -0.256. The molecule has 136 valence electrons. The van der Waals surface area contributed by atoms with Crippen LogP contribution in [0.2, 0.25) is 0 Å². The van der Waals surface area contributed by atoms with Crippen molar-refractivity contribution in [2.45, 2.75) is 38.7 Å². The van der Waals surface area contributed by atoms with Gasteiger partial charge in [0.1, 0.15) is 5.75 Å². The maximum Gasteiger partial charge on any atom is 0.288 e. The predicted octanol–water partition coefficient (Wildman–Crippen LogP) is 2.92. The normalized spacial score (nSPS) is 20.1. The number of anilines is 2. The molecule has 0 saturated carbocycles. The fourth-order valence-corrected chi connectivity index (χ4v) is 3.09. The molecule has 1 aliphatic rings. The monoisotopic (exact) mass is 354 g/mol. The third-order valence-corrected chi connectivity index (χ3v) is 4.52. The lowest BCUT2D eigenvalue weighted by Gasteiger charge is -2.27. The molecule has 2 N–H and O–H groups in total. The number of phenols is 1. The molecular formula is C20H22N2O4. The Morgan fingerprint density at radius 3 is 2.15 bits per heavy atom. The minimum atomic E-state index is -2.09. The van der Waals surface area contributed by atoms with Gasteiger partial charge in [0, 0.05) is 0 Å². The van der Waals surface area contributed by atoms with Gasteiger partial charge in [-0.3, -0.25) is 9.59 Å². The van der Waals surface area contributed by atoms with Gasteiger partial charge in [-0.15, -0.1) is 0 Å². The van der Waals surface area contributed by atoms with E-state index >= 15 is 0 Å². The van der Waals surface area contributed by atoms with Crippen LogP contribution in [0.3, 0.4) is 0 Å². The van der Waals surface area contributed by atoms with E-state index in [2.05, 4.69) is 0 Å². The molecule has 1 heterocycles. The van der Waals surface area contributed by atoms with Gasteiger partial charge in [0.2, 0.25) is 5.60 Å². The van der Waals surface area contributed by atoms with Gasteiger partial charge in [-0.05, 0) is 61.7 Å². The highest BCUT2D eigenvalue weighted by molar-refractivity contribution is 6.28. The summed E-state index contributed by atoms with van der Waals surface area (Å²) in [6, 6.07) is 13.1. The number of carbonyl (C=O) groups is 2. The van der Waals surface area contributed by atoms with Crippen LogP contribution in [-0.4, -0.2) is 27.6 Å². The van der Waals surface area contributed by atoms with Crippen LogP contribution in [0.15, 0.2) is 48.5 Å². The summed E-state index contributed by atoms with van der Waals surface area (Å²) in [6.07, 6.45) is 1.38. The summed E-state index contributed by atoms with van der Waals surface area (Å²) in [5.74, 6) is -1.28. The average molecular weight is 354 g/mol. The van der Waals surface area contributed by atoms with Crippen molar-refractivity contribution in [1.82, 2.24) is 0 Å². The number of phenolic OH excluding ortho intramolecular Hbond substituents is 1. The van der Waals surface area contributed by atoms with E-state index in [1.54, 1.807) is 18.2 Å². The van der Waals surface area contributed by atoms with Crippen LogP contribution in [0, 0.1) is 6.92 Å². The molecule has 1 atom stereocenters. The Morgan fingerprint density at radius 1 is 0.962 bits per heavy atom. The van der Waals surface area contributed by atoms with Gasteiger partial charge in [0.15, 0.2) is 0 Å². The molecule has 26 heavy (non-hydrogen) atoms. The molecule has 1 aliphatic heterocycles. The van der Waals surface area contributed by atoms with Crippen LogP contribution in [-0.2, 0) is 9.59 Å². The summed E-state index contributed by atoms with van der Waals surface area (Å²) in [4.78, 5) is 26.1. The Labute approximate surface area is 152 Å². The number of unbranched alkanes of at least 4 members (excludes halogenated alkanes) is 1. The number of amides is 2. The van der Waals surface area contributed by atoms with Crippen LogP contribution in [0.25, 0.3) is 0 Å². The maximum atomic E-state index is 13.1. The minimum Gasteiger partial charge on any atom is -0.508 e. The summed E-state index contributed by atoms with van der Waals surface area (Å²) >= 11 is 0. The van der Waals surface area contributed by atoms with Gasteiger partial charge >= 0.3 is 0 Å². The number of rotatable bonds is 5. The highest BCUT2D eigenvalue weighted by Crippen LogP contribution is 2.36. The van der Waals surface area contributed by atoms with Crippen LogP contribution in [0.5, 0.6) is 5.75 Å². The van der Waals surface area contributed by atoms with Gasteiger partial charge in [-0.2, -0.15) is 0 Å². The quantitative estimate of drug-likeness (QED) is 0.809. The molecule has 0 bridgehead atoms. The standard InChI is InChI=1S/C20H22N2O4/c1-3-4-12-20(26)18(24)21(15-8-10-17(23)11-9-15)22(19(20)25)16-7-5-6-14(2)13-16/h5-11,13,23,26H,3-4,12H2,1-2H3. The first-order chi connectivity index (χ1) is 12.4. The van der Waals surface area contributed by atoms with Crippen molar-refractivity contribution >= 4 is 23.2 Å². The zero-order valence-corrected chi connectivity index (χ0v) is 14.8. The number of aromatic hydroxyl groups is 1. The lowest BCUT2D eigenvalue weighted by atomic mass is 9.96. The van der Waals surface area contributed by atoms with Crippen molar-refractivity contribution in [3.63, 3.8) is 0 Å². The third-order valence-electron chi connectivity index (χ3n) is 4.52. The molecule has 1 saturated heterocycles. The van der Waals surface area contributed by atoms with Gasteiger partial charge in [-0.25, -0.2) is 10.0 Å². The number of aryl methyl sites for hydroxylation is 1. The predicted molar refractivity (Wildman–Crippen MR) is 98.7 cm³/mol. The summed E-state index contributed by atoms with van der Waals surface area (Å²) in [6.45, 7) is 3.82. The van der Waals surface area contributed by atoms with Crippen molar-refractivity contribution in [3.8, 4) is 5.75 Å². The van der Waals surface area contributed by atoms with E-state index < -0.39 is 17.4 Å². The summed E-state index contributed by atoms with van der Waals surface area (Å²) in [5, 5.41) is 22.8.